The maximum atomic E-state index is 5.36. The van der Waals surface area contributed by atoms with Crippen molar-refractivity contribution in [2.45, 2.75) is 20.5 Å². The third kappa shape index (κ3) is 3.48. The average Bonchev–Trinajstić information content (AvgIpc) is 2.45. The van der Waals surface area contributed by atoms with Crippen LogP contribution in [-0.4, -0.2) is 28.6 Å². The fraction of sp³-hybridized carbons (Fsp3) is 0.357. The molecule has 5 nitrogen and oxygen atoms in total. The molecule has 19 heavy (non-hydrogen) atoms. The Labute approximate surface area is 113 Å². The molecule has 0 saturated heterocycles. The molecule has 0 amide bonds. The number of aromatic nitrogens is 3. The van der Waals surface area contributed by atoms with E-state index in [2.05, 4.69) is 20.3 Å². The Hall–Kier alpha value is -2.01. The predicted octanol–water partition coefficient (Wildman–Crippen LogP) is 2.43. The van der Waals surface area contributed by atoms with Gasteiger partial charge in [-0.15, -0.1) is 0 Å². The van der Waals surface area contributed by atoms with Crippen LogP contribution >= 0.6 is 0 Å². The maximum Gasteiger partial charge on any atom is 0.157 e. The van der Waals surface area contributed by atoms with Crippen LogP contribution in [0.4, 0.5) is 5.82 Å². The lowest BCUT2D eigenvalue weighted by atomic mass is 10.2. The number of nitrogens with one attached hydrogen (secondary N) is 1. The van der Waals surface area contributed by atoms with Crippen molar-refractivity contribution in [3.05, 3.63) is 35.9 Å². The molecule has 0 unspecified atom stereocenters. The van der Waals surface area contributed by atoms with Crippen LogP contribution in [0.25, 0.3) is 11.3 Å². The van der Waals surface area contributed by atoms with Gasteiger partial charge in [-0.3, -0.25) is 4.98 Å². The van der Waals surface area contributed by atoms with Crippen LogP contribution in [0.1, 0.15) is 18.4 Å². The Bertz CT molecular complexity index is 540. The molecule has 0 aliphatic carbocycles. The molecule has 1 N–H and O–H groups in total. The molecule has 0 bridgehead atoms. The molecule has 2 heterocycles. The Morgan fingerprint density at radius 3 is 2.74 bits per heavy atom. The van der Waals surface area contributed by atoms with Crippen molar-refractivity contribution >= 4 is 5.82 Å². The third-order valence-corrected chi connectivity index (χ3v) is 2.67. The van der Waals surface area contributed by atoms with E-state index in [-0.39, 0.29) is 0 Å². The molecular formula is C14H18N4O. The molecule has 2 aromatic heterocycles. The summed E-state index contributed by atoms with van der Waals surface area (Å²) in [6, 6.07) is 5.88. The first-order valence-corrected chi connectivity index (χ1v) is 6.29. The normalized spacial score (nSPS) is 10.5. The second-order valence-electron chi connectivity index (χ2n) is 4.13. The number of anilines is 1. The molecular weight excluding hydrogens is 240 g/mol. The topological polar surface area (TPSA) is 59.9 Å². The van der Waals surface area contributed by atoms with Gasteiger partial charge in [0.15, 0.2) is 5.82 Å². The Kier molecular flexibility index (Phi) is 4.41. The number of ether oxygens (including phenoxy) is 1. The van der Waals surface area contributed by atoms with E-state index in [0.29, 0.717) is 19.0 Å². The monoisotopic (exact) mass is 258 g/mol. The number of aryl methyl sites for hydroxylation is 1. The van der Waals surface area contributed by atoms with Crippen LogP contribution in [0.3, 0.4) is 0 Å². The van der Waals surface area contributed by atoms with Crippen molar-refractivity contribution in [2.24, 2.45) is 0 Å². The van der Waals surface area contributed by atoms with Gasteiger partial charge < -0.3 is 10.1 Å². The highest BCUT2D eigenvalue weighted by molar-refractivity contribution is 5.61. The second-order valence-corrected chi connectivity index (χ2v) is 4.13. The van der Waals surface area contributed by atoms with Crippen molar-refractivity contribution < 1.29 is 4.74 Å². The van der Waals surface area contributed by atoms with E-state index in [0.717, 1.165) is 22.8 Å². The van der Waals surface area contributed by atoms with Crippen LogP contribution < -0.4 is 5.32 Å². The summed E-state index contributed by atoms with van der Waals surface area (Å²) < 4.78 is 5.36. The van der Waals surface area contributed by atoms with Gasteiger partial charge in [-0.1, -0.05) is 0 Å². The van der Waals surface area contributed by atoms with Gasteiger partial charge in [-0.2, -0.15) is 0 Å². The lowest BCUT2D eigenvalue weighted by molar-refractivity contribution is 0.128. The highest BCUT2D eigenvalue weighted by Gasteiger charge is 2.06. The summed E-state index contributed by atoms with van der Waals surface area (Å²) in [5, 5.41) is 3.04. The number of hydrogen-bond acceptors (Lipinski definition) is 5. The molecule has 5 heteroatoms. The van der Waals surface area contributed by atoms with Gasteiger partial charge in [-0.25, -0.2) is 9.97 Å². The van der Waals surface area contributed by atoms with Crippen LogP contribution in [-0.2, 0) is 11.3 Å². The standard InChI is InChI=1S/C14H18N4O/c1-4-19-9-14-17-12(7-13(15-3)18-14)11-6-5-10(2)16-8-11/h5-8H,4,9H2,1-3H3,(H,15,17,18). The minimum atomic E-state index is 0.415. The first kappa shape index (κ1) is 13.4. The molecule has 0 fully saturated rings. The van der Waals surface area contributed by atoms with E-state index in [4.69, 9.17) is 4.74 Å². The summed E-state index contributed by atoms with van der Waals surface area (Å²) in [7, 11) is 1.84. The lowest BCUT2D eigenvalue weighted by Crippen LogP contribution is -2.04. The van der Waals surface area contributed by atoms with Crippen molar-refractivity contribution in [3.63, 3.8) is 0 Å². The smallest absolute Gasteiger partial charge is 0.157 e. The number of nitrogens with zero attached hydrogens (tertiary/aromatic N) is 3. The quantitative estimate of drug-likeness (QED) is 0.892. The first-order valence-electron chi connectivity index (χ1n) is 6.29. The Balaban J connectivity index is 2.35. The van der Waals surface area contributed by atoms with E-state index in [1.165, 1.54) is 0 Å². The zero-order valence-electron chi connectivity index (χ0n) is 11.5. The lowest BCUT2D eigenvalue weighted by Gasteiger charge is -2.08. The number of rotatable bonds is 5. The highest BCUT2D eigenvalue weighted by Crippen LogP contribution is 2.19. The first-order chi connectivity index (χ1) is 9.22. The SMILES string of the molecule is CCOCc1nc(NC)cc(-c2ccc(C)nc2)n1. The largest absolute Gasteiger partial charge is 0.374 e. The van der Waals surface area contributed by atoms with Crippen LogP contribution in [0.2, 0.25) is 0 Å². The van der Waals surface area contributed by atoms with Gasteiger partial charge in [-0.05, 0) is 26.0 Å². The zero-order chi connectivity index (χ0) is 13.7. The fourth-order valence-electron chi connectivity index (χ4n) is 1.65. The molecule has 0 saturated carbocycles. The molecule has 0 aliphatic heterocycles. The van der Waals surface area contributed by atoms with E-state index in [1.807, 2.05) is 45.3 Å². The zero-order valence-corrected chi connectivity index (χ0v) is 11.5. The number of pyridine rings is 1. The molecule has 2 aromatic rings. The van der Waals surface area contributed by atoms with Crippen LogP contribution in [0, 0.1) is 6.92 Å². The fourth-order valence-corrected chi connectivity index (χ4v) is 1.65. The van der Waals surface area contributed by atoms with Gasteiger partial charge in [0.1, 0.15) is 12.4 Å². The molecule has 0 spiro atoms. The predicted molar refractivity (Wildman–Crippen MR) is 74.9 cm³/mol. The highest BCUT2D eigenvalue weighted by atomic mass is 16.5. The van der Waals surface area contributed by atoms with Gasteiger partial charge in [0.05, 0.1) is 5.69 Å². The summed E-state index contributed by atoms with van der Waals surface area (Å²) >= 11 is 0. The number of hydrogen-bond donors (Lipinski definition) is 1. The van der Waals surface area contributed by atoms with Crippen LogP contribution in [0.15, 0.2) is 24.4 Å². The second kappa shape index (κ2) is 6.24. The Morgan fingerprint density at radius 2 is 2.11 bits per heavy atom. The van der Waals surface area contributed by atoms with Crippen LogP contribution in [0.5, 0.6) is 0 Å². The minimum Gasteiger partial charge on any atom is -0.374 e. The van der Waals surface area contributed by atoms with Crippen molar-refractivity contribution in [1.29, 1.82) is 0 Å². The molecule has 0 aliphatic rings. The molecule has 0 aromatic carbocycles. The van der Waals surface area contributed by atoms with Crippen molar-refractivity contribution in [2.75, 3.05) is 19.0 Å². The molecule has 2 rings (SSSR count). The maximum absolute atomic E-state index is 5.36. The van der Waals surface area contributed by atoms with E-state index >= 15 is 0 Å². The van der Waals surface area contributed by atoms with Crippen molar-refractivity contribution in [1.82, 2.24) is 15.0 Å². The molecule has 0 radical (unpaired) electrons. The third-order valence-electron chi connectivity index (χ3n) is 2.67. The van der Waals surface area contributed by atoms with Gasteiger partial charge >= 0.3 is 0 Å². The Morgan fingerprint density at radius 1 is 1.26 bits per heavy atom. The molecule has 0 atom stereocenters. The summed E-state index contributed by atoms with van der Waals surface area (Å²) in [6.45, 7) is 4.98. The average molecular weight is 258 g/mol. The molecule has 100 valence electrons. The van der Waals surface area contributed by atoms with E-state index < -0.39 is 0 Å². The summed E-state index contributed by atoms with van der Waals surface area (Å²) in [5.41, 5.74) is 2.81. The summed E-state index contributed by atoms with van der Waals surface area (Å²) in [4.78, 5) is 13.2. The van der Waals surface area contributed by atoms with Crippen molar-refractivity contribution in [3.8, 4) is 11.3 Å². The van der Waals surface area contributed by atoms with Gasteiger partial charge in [0, 0.05) is 37.2 Å². The minimum absolute atomic E-state index is 0.415. The van der Waals surface area contributed by atoms with E-state index in [1.54, 1.807) is 0 Å². The van der Waals surface area contributed by atoms with E-state index in [9.17, 15) is 0 Å². The van der Waals surface area contributed by atoms with Gasteiger partial charge in [0.2, 0.25) is 0 Å². The summed E-state index contributed by atoms with van der Waals surface area (Å²) in [5.74, 6) is 1.45. The summed E-state index contributed by atoms with van der Waals surface area (Å²) in [6.07, 6.45) is 1.82. The van der Waals surface area contributed by atoms with Gasteiger partial charge in [0.25, 0.3) is 0 Å².